The van der Waals surface area contributed by atoms with Gasteiger partial charge in [0.1, 0.15) is 6.33 Å². The van der Waals surface area contributed by atoms with Crippen LogP contribution < -0.4 is 0 Å². The van der Waals surface area contributed by atoms with Crippen LogP contribution in [0.1, 0.15) is 29.6 Å². The van der Waals surface area contributed by atoms with E-state index < -0.39 is 0 Å². The summed E-state index contributed by atoms with van der Waals surface area (Å²) in [6.45, 7) is 3.39. The zero-order valence-electron chi connectivity index (χ0n) is 18.2. The van der Waals surface area contributed by atoms with Gasteiger partial charge in [0.2, 0.25) is 5.91 Å². The lowest BCUT2D eigenvalue weighted by Gasteiger charge is -2.47. The van der Waals surface area contributed by atoms with E-state index in [2.05, 4.69) is 15.5 Å². The van der Waals surface area contributed by atoms with Crippen molar-refractivity contribution in [2.45, 2.75) is 31.4 Å². The molecule has 0 saturated carbocycles. The number of aromatic nitrogens is 5. The van der Waals surface area contributed by atoms with Crippen LogP contribution in [0.3, 0.4) is 0 Å². The molecule has 168 valence electrons. The molecule has 32 heavy (non-hydrogen) atoms. The summed E-state index contributed by atoms with van der Waals surface area (Å²) in [7, 11) is 1.96. The van der Waals surface area contributed by atoms with Gasteiger partial charge in [0.05, 0.1) is 30.9 Å². The zero-order valence-corrected chi connectivity index (χ0v) is 18.2. The van der Waals surface area contributed by atoms with Crippen molar-refractivity contribution in [3.05, 3.63) is 42.4 Å². The van der Waals surface area contributed by atoms with Crippen LogP contribution in [0.2, 0.25) is 0 Å². The van der Waals surface area contributed by atoms with Gasteiger partial charge < -0.3 is 19.1 Å². The summed E-state index contributed by atoms with van der Waals surface area (Å²) in [5.41, 5.74) is 1.40. The van der Waals surface area contributed by atoms with Gasteiger partial charge in [-0.3, -0.25) is 9.59 Å². The van der Waals surface area contributed by atoms with Gasteiger partial charge in [-0.15, -0.1) is 5.10 Å². The fourth-order valence-electron chi connectivity index (χ4n) is 4.82. The van der Waals surface area contributed by atoms with Crippen LogP contribution in [0, 0.1) is 0 Å². The predicted molar refractivity (Wildman–Crippen MR) is 116 cm³/mol. The van der Waals surface area contributed by atoms with Gasteiger partial charge in [-0.2, -0.15) is 0 Å². The monoisotopic (exact) mass is 437 g/mol. The second kappa shape index (κ2) is 8.34. The van der Waals surface area contributed by atoms with Gasteiger partial charge in [-0.05, 0) is 29.3 Å². The van der Waals surface area contributed by atoms with Crippen LogP contribution in [0.25, 0.3) is 10.9 Å². The minimum Gasteiger partial charge on any atom is -0.371 e. The molecule has 0 bridgehead atoms. The molecule has 10 heteroatoms. The average Bonchev–Trinajstić information content (AvgIpc) is 3.46. The summed E-state index contributed by atoms with van der Waals surface area (Å²) in [6.07, 6.45) is 5.24. The molecule has 0 unspecified atom stereocenters. The first kappa shape index (κ1) is 20.6. The highest BCUT2D eigenvalue weighted by Gasteiger charge is 2.42. The quantitative estimate of drug-likeness (QED) is 0.606. The standard InChI is InChI=1S/C22H27N7O3/c1-26-14-18(17-4-2-3-5-19(17)26)21(31)28-12-13-32-22(15-28)7-10-27(11-8-22)20(30)6-9-29-16-23-24-25-29/h2-5,14,16H,6-13,15H2,1H3. The molecule has 2 saturated heterocycles. The van der Waals surface area contributed by atoms with Crippen LogP contribution >= 0.6 is 0 Å². The maximum atomic E-state index is 13.4. The van der Waals surface area contributed by atoms with Crippen molar-refractivity contribution in [1.82, 2.24) is 34.6 Å². The van der Waals surface area contributed by atoms with E-state index in [0.717, 1.165) is 29.3 Å². The van der Waals surface area contributed by atoms with Gasteiger partial charge in [0.15, 0.2) is 0 Å². The number of amides is 2. The topological polar surface area (TPSA) is 98.4 Å². The molecule has 3 aromatic rings. The normalized spacial score (nSPS) is 18.4. The number of hydrogen-bond acceptors (Lipinski definition) is 6. The number of benzene rings is 1. The molecule has 2 aromatic heterocycles. The second-order valence-electron chi connectivity index (χ2n) is 8.63. The molecule has 5 rings (SSSR count). The Morgan fingerprint density at radius 2 is 1.94 bits per heavy atom. The van der Waals surface area contributed by atoms with Gasteiger partial charge in [-0.25, -0.2) is 4.68 Å². The fourth-order valence-corrected chi connectivity index (χ4v) is 4.82. The molecule has 1 aromatic carbocycles. The van der Waals surface area contributed by atoms with Crippen molar-refractivity contribution in [1.29, 1.82) is 0 Å². The summed E-state index contributed by atoms with van der Waals surface area (Å²) >= 11 is 0. The van der Waals surface area contributed by atoms with Gasteiger partial charge in [-0.1, -0.05) is 18.2 Å². The summed E-state index contributed by atoms with van der Waals surface area (Å²) in [6, 6.07) is 7.97. The smallest absolute Gasteiger partial charge is 0.256 e. The molecule has 0 aliphatic carbocycles. The molecule has 0 atom stereocenters. The number of para-hydroxylation sites is 1. The van der Waals surface area contributed by atoms with Crippen LogP contribution in [0.4, 0.5) is 0 Å². The van der Waals surface area contributed by atoms with E-state index in [1.165, 1.54) is 6.33 Å². The van der Waals surface area contributed by atoms with Crippen molar-refractivity contribution < 1.29 is 14.3 Å². The number of piperidine rings is 1. The van der Waals surface area contributed by atoms with Crippen molar-refractivity contribution >= 4 is 22.7 Å². The first-order valence-corrected chi connectivity index (χ1v) is 11.0. The number of fused-ring (bicyclic) bond motifs is 1. The Balaban J connectivity index is 1.22. The Morgan fingerprint density at radius 3 is 2.72 bits per heavy atom. The Kier molecular flexibility index (Phi) is 5.38. The largest absolute Gasteiger partial charge is 0.371 e. The Labute approximate surface area is 185 Å². The molecule has 10 nitrogen and oxygen atoms in total. The number of rotatable bonds is 4. The van der Waals surface area contributed by atoms with E-state index in [4.69, 9.17) is 4.74 Å². The number of carbonyl (C=O) groups excluding carboxylic acids is 2. The number of carbonyl (C=O) groups is 2. The molecule has 1 spiro atoms. The number of hydrogen-bond donors (Lipinski definition) is 0. The molecule has 2 amide bonds. The molecule has 2 aliphatic heterocycles. The maximum Gasteiger partial charge on any atom is 0.256 e. The van der Waals surface area contributed by atoms with E-state index >= 15 is 0 Å². The van der Waals surface area contributed by atoms with Crippen LogP contribution in [-0.2, 0) is 23.1 Å². The molecule has 2 aliphatic rings. The highest BCUT2D eigenvalue weighted by atomic mass is 16.5. The minimum atomic E-state index is -0.384. The first-order chi connectivity index (χ1) is 15.5. The van der Waals surface area contributed by atoms with Crippen LogP contribution in [0.5, 0.6) is 0 Å². The van der Waals surface area contributed by atoms with Crippen LogP contribution in [0.15, 0.2) is 36.8 Å². The average molecular weight is 438 g/mol. The Bertz CT molecular complexity index is 1120. The Hall–Kier alpha value is -3.27. The number of likely N-dealkylation sites (tertiary alicyclic amines) is 1. The molecule has 2 fully saturated rings. The number of morpholine rings is 1. The molecule has 0 radical (unpaired) electrons. The lowest BCUT2D eigenvalue weighted by atomic mass is 9.89. The SMILES string of the molecule is Cn1cc(C(=O)N2CCOC3(CCN(C(=O)CCn4cnnn4)CC3)C2)c2ccccc21. The second-order valence-corrected chi connectivity index (χ2v) is 8.63. The summed E-state index contributed by atoms with van der Waals surface area (Å²) in [5, 5.41) is 11.9. The summed E-state index contributed by atoms with van der Waals surface area (Å²) in [5.74, 6) is 0.138. The lowest BCUT2D eigenvalue weighted by Crippen LogP contribution is -2.58. The van der Waals surface area contributed by atoms with Gasteiger partial charge in [0, 0.05) is 50.2 Å². The highest BCUT2D eigenvalue weighted by Crippen LogP contribution is 2.32. The third-order valence-electron chi connectivity index (χ3n) is 6.64. The van der Waals surface area contributed by atoms with Crippen molar-refractivity contribution in [2.75, 3.05) is 32.8 Å². The first-order valence-electron chi connectivity index (χ1n) is 11.0. The van der Waals surface area contributed by atoms with E-state index in [1.807, 2.05) is 51.9 Å². The summed E-state index contributed by atoms with van der Waals surface area (Å²) < 4.78 is 9.75. The van der Waals surface area contributed by atoms with E-state index in [0.29, 0.717) is 45.8 Å². The number of tetrazole rings is 1. The van der Waals surface area contributed by atoms with Crippen molar-refractivity contribution in [2.24, 2.45) is 7.05 Å². The predicted octanol–water partition coefficient (Wildman–Crippen LogP) is 1.09. The molecular weight excluding hydrogens is 410 g/mol. The fraction of sp³-hybridized carbons (Fsp3) is 0.500. The van der Waals surface area contributed by atoms with Crippen molar-refractivity contribution in [3.63, 3.8) is 0 Å². The number of nitrogens with zero attached hydrogens (tertiary/aromatic N) is 7. The van der Waals surface area contributed by atoms with Crippen LogP contribution in [-0.4, -0.2) is 84.8 Å². The molecule has 0 N–H and O–H groups in total. The Morgan fingerprint density at radius 1 is 1.12 bits per heavy atom. The summed E-state index contributed by atoms with van der Waals surface area (Å²) in [4.78, 5) is 29.8. The van der Waals surface area contributed by atoms with E-state index in [1.54, 1.807) is 4.68 Å². The zero-order chi connectivity index (χ0) is 22.1. The third-order valence-corrected chi connectivity index (χ3v) is 6.64. The minimum absolute atomic E-state index is 0.0458. The maximum absolute atomic E-state index is 13.4. The van der Waals surface area contributed by atoms with Crippen molar-refractivity contribution in [3.8, 4) is 0 Å². The third kappa shape index (κ3) is 3.86. The van der Waals surface area contributed by atoms with Gasteiger partial charge >= 0.3 is 0 Å². The number of aryl methyl sites for hydroxylation is 2. The highest BCUT2D eigenvalue weighted by molar-refractivity contribution is 6.07. The number of ether oxygens (including phenoxy) is 1. The lowest BCUT2D eigenvalue weighted by molar-refractivity contribution is -0.147. The molecular formula is C22H27N7O3. The van der Waals surface area contributed by atoms with E-state index in [-0.39, 0.29) is 17.4 Å². The van der Waals surface area contributed by atoms with Gasteiger partial charge in [0.25, 0.3) is 5.91 Å². The van der Waals surface area contributed by atoms with E-state index in [9.17, 15) is 9.59 Å². The molecule has 4 heterocycles.